The fourth-order valence-electron chi connectivity index (χ4n) is 7.53. The minimum absolute atomic E-state index is 0.698. The maximum Gasteiger partial charge on any atom is 0.160 e. The molecule has 0 aliphatic rings. The molecular weight excluding hydrogens is 669 g/mol. The van der Waals surface area contributed by atoms with E-state index in [9.17, 15) is 0 Å². The zero-order valence-corrected chi connectivity index (χ0v) is 29.9. The van der Waals surface area contributed by atoms with Gasteiger partial charge in [0, 0.05) is 33.0 Å². The zero-order chi connectivity index (χ0) is 36.6. The fourth-order valence-corrected chi connectivity index (χ4v) is 7.53. The van der Waals surface area contributed by atoms with Crippen molar-refractivity contribution in [3.63, 3.8) is 0 Å². The van der Waals surface area contributed by atoms with E-state index in [-0.39, 0.29) is 0 Å². The summed E-state index contributed by atoms with van der Waals surface area (Å²) < 4.78 is 2.12. The van der Waals surface area contributed by atoms with Crippen LogP contribution in [-0.2, 0) is 0 Å². The largest absolute Gasteiger partial charge is 0.232 e. The first kappa shape index (κ1) is 32.2. The molecule has 0 unspecified atom stereocenters. The van der Waals surface area contributed by atoms with Gasteiger partial charge in [0.2, 0.25) is 0 Å². The van der Waals surface area contributed by atoms with Gasteiger partial charge in [0.05, 0.1) is 22.6 Å². The Labute approximate surface area is 319 Å². The second-order valence-corrected chi connectivity index (χ2v) is 13.7. The minimum Gasteiger partial charge on any atom is -0.232 e. The minimum atomic E-state index is 0.698. The Morgan fingerprint density at radius 1 is 0.364 bits per heavy atom. The van der Waals surface area contributed by atoms with E-state index in [1.54, 1.807) is 0 Å². The fraction of sp³-hybridized carbons (Fsp3) is 0. The Morgan fingerprint density at radius 3 is 1.44 bits per heavy atom. The van der Waals surface area contributed by atoms with E-state index in [0.717, 1.165) is 89.0 Å². The molecule has 0 radical (unpaired) electrons. The summed E-state index contributed by atoms with van der Waals surface area (Å²) in [6, 6.07) is 72.0. The summed E-state index contributed by atoms with van der Waals surface area (Å²) in [5, 5.41) is 8.77. The molecule has 0 saturated carbocycles. The molecule has 0 bridgehead atoms. The van der Waals surface area contributed by atoms with Gasteiger partial charge in [0.15, 0.2) is 5.82 Å². The molecule has 0 aliphatic carbocycles. The molecule has 258 valence electrons. The van der Waals surface area contributed by atoms with Crippen molar-refractivity contribution < 1.29 is 0 Å². The van der Waals surface area contributed by atoms with Gasteiger partial charge < -0.3 is 0 Å². The molecule has 0 N–H and O–H groups in total. The van der Waals surface area contributed by atoms with E-state index in [4.69, 9.17) is 15.1 Å². The van der Waals surface area contributed by atoms with Crippen LogP contribution in [0.2, 0.25) is 0 Å². The van der Waals surface area contributed by atoms with Crippen molar-refractivity contribution in [2.45, 2.75) is 0 Å². The van der Waals surface area contributed by atoms with Crippen LogP contribution in [0.1, 0.15) is 0 Å². The summed E-state index contributed by atoms with van der Waals surface area (Å²) in [5.74, 6) is 0.698. The first-order chi connectivity index (χ1) is 27.3. The number of hydrogen-bond donors (Lipinski definition) is 0. The van der Waals surface area contributed by atoms with Crippen molar-refractivity contribution in [3.8, 4) is 73.1 Å². The van der Waals surface area contributed by atoms with Crippen LogP contribution < -0.4 is 0 Å². The second-order valence-electron chi connectivity index (χ2n) is 13.7. The number of rotatable bonds is 7. The monoisotopic (exact) mass is 702 g/mol. The third kappa shape index (κ3) is 6.06. The highest BCUT2D eigenvalue weighted by Gasteiger charge is 2.21. The number of benzene rings is 8. The summed E-state index contributed by atoms with van der Waals surface area (Å²) in [6.45, 7) is 0. The Kier molecular flexibility index (Phi) is 8.12. The van der Waals surface area contributed by atoms with Gasteiger partial charge in [-0.25, -0.2) is 14.6 Å². The average molecular weight is 703 g/mol. The van der Waals surface area contributed by atoms with Crippen LogP contribution in [0.5, 0.6) is 0 Å². The average Bonchev–Trinajstić information content (AvgIpc) is 3.68. The van der Waals surface area contributed by atoms with Gasteiger partial charge in [0.1, 0.15) is 5.69 Å². The lowest BCUT2D eigenvalue weighted by Gasteiger charge is -2.13. The highest BCUT2D eigenvalue weighted by atomic mass is 15.3. The zero-order valence-electron chi connectivity index (χ0n) is 29.9. The van der Waals surface area contributed by atoms with Gasteiger partial charge >= 0.3 is 0 Å². The molecule has 0 fully saturated rings. The number of para-hydroxylation sites is 1. The number of fused-ring (bicyclic) bond motifs is 3. The van der Waals surface area contributed by atoms with E-state index in [1.165, 1.54) is 0 Å². The normalized spacial score (nSPS) is 11.3. The van der Waals surface area contributed by atoms with Crippen LogP contribution in [0.25, 0.3) is 94.8 Å². The lowest BCUT2D eigenvalue weighted by molar-refractivity contribution is 0.918. The van der Waals surface area contributed by atoms with Gasteiger partial charge in [-0.1, -0.05) is 176 Å². The van der Waals surface area contributed by atoms with Crippen molar-refractivity contribution in [1.29, 1.82) is 0 Å². The Bertz CT molecular complexity index is 2870. The lowest BCUT2D eigenvalue weighted by atomic mass is 9.92. The van der Waals surface area contributed by atoms with Crippen molar-refractivity contribution >= 4 is 21.7 Å². The molecule has 0 aliphatic heterocycles. The third-order valence-electron chi connectivity index (χ3n) is 10.2. The van der Waals surface area contributed by atoms with E-state index < -0.39 is 0 Å². The van der Waals surface area contributed by atoms with Crippen molar-refractivity contribution in [2.75, 3.05) is 0 Å². The van der Waals surface area contributed by atoms with Gasteiger partial charge in [-0.05, 0) is 58.0 Å². The van der Waals surface area contributed by atoms with Crippen LogP contribution in [0.4, 0.5) is 0 Å². The van der Waals surface area contributed by atoms with Crippen LogP contribution in [-0.4, -0.2) is 19.7 Å². The molecule has 2 aromatic heterocycles. The molecule has 2 heterocycles. The third-order valence-corrected chi connectivity index (χ3v) is 10.2. The van der Waals surface area contributed by atoms with Crippen molar-refractivity contribution in [1.82, 2.24) is 19.7 Å². The molecule has 8 aromatic carbocycles. The number of hydrogen-bond acceptors (Lipinski definition) is 3. The Hall–Kier alpha value is -7.43. The summed E-state index contributed by atoms with van der Waals surface area (Å²) in [5.41, 5.74) is 13.6. The molecule has 55 heavy (non-hydrogen) atoms. The molecule has 0 saturated heterocycles. The van der Waals surface area contributed by atoms with Gasteiger partial charge in [-0.3, -0.25) is 0 Å². The SMILES string of the molecule is c1ccc(-c2cc(-c3ccccc3)nc(-c3ccc(-c4ccc5c(c4)cc(-c4ccccc4)c4c(-c6ccccc6)nn(-c6ccccc6)c45)cc3)n2)cc1. The first-order valence-corrected chi connectivity index (χ1v) is 18.5. The quantitative estimate of drug-likeness (QED) is 0.166. The molecule has 10 aromatic rings. The van der Waals surface area contributed by atoms with E-state index in [0.29, 0.717) is 5.82 Å². The molecule has 4 nitrogen and oxygen atoms in total. The predicted octanol–water partition coefficient (Wildman–Crippen LogP) is 13.0. The van der Waals surface area contributed by atoms with Gasteiger partial charge in [-0.2, -0.15) is 5.10 Å². The summed E-state index contributed by atoms with van der Waals surface area (Å²) >= 11 is 0. The predicted molar refractivity (Wildman–Crippen MR) is 227 cm³/mol. The molecule has 10 rings (SSSR count). The molecule has 4 heteroatoms. The topological polar surface area (TPSA) is 43.6 Å². The standard InChI is InChI=1S/C51H34N4/c1-6-16-36(17-7-1)45-33-42-32-41(30-31-44(42)50-48(45)49(39-22-12-4-13-23-39)54-55(50)43-24-14-5-15-25-43)35-26-28-40(29-27-35)51-52-46(37-18-8-2-9-19-37)34-47(53-51)38-20-10-3-11-21-38/h1-34H. The molecular formula is C51H34N4. The van der Waals surface area contributed by atoms with Crippen molar-refractivity contribution in [3.05, 3.63) is 206 Å². The van der Waals surface area contributed by atoms with Crippen LogP contribution in [0.3, 0.4) is 0 Å². The van der Waals surface area contributed by atoms with E-state index in [1.807, 2.05) is 42.5 Å². The molecule has 0 spiro atoms. The summed E-state index contributed by atoms with van der Waals surface area (Å²) in [7, 11) is 0. The van der Waals surface area contributed by atoms with Gasteiger partial charge in [-0.15, -0.1) is 0 Å². The maximum atomic E-state index is 5.34. The van der Waals surface area contributed by atoms with Crippen LogP contribution >= 0.6 is 0 Å². The number of nitrogens with zero attached hydrogens (tertiary/aromatic N) is 4. The van der Waals surface area contributed by atoms with Crippen LogP contribution in [0, 0.1) is 0 Å². The lowest BCUT2D eigenvalue weighted by Crippen LogP contribution is -1.97. The number of aromatic nitrogens is 4. The van der Waals surface area contributed by atoms with E-state index >= 15 is 0 Å². The summed E-state index contributed by atoms with van der Waals surface area (Å²) in [6.07, 6.45) is 0. The van der Waals surface area contributed by atoms with Crippen molar-refractivity contribution in [2.24, 2.45) is 0 Å². The maximum absolute atomic E-state index is 5.34. The highest BCUT2D eigenvalue weighted by Crippen LogP contribution is 2.42. The highest BCUT2D eigenvalue weighted by molar-refractivity contribution is 6.17. The smallest absolute Gasteiger partial charge is 0.160 e. The Balaban J connectivity index is 1.12. The van der Waals surface area contributed by atoms with E-state index in [2.05, 4.69) is 168 Å². The Morgan fingerprint density at radius 2 is 0.855 bits per heavy atom. The van der Waals surface area contributed by atoms with Gasteiger partial charge in [0.25, 0.3) is 0 Å². The second kappa shape index (κ2) is 13.8. The molecule has 0 atom stereocenters. The first-order valence-electron chi connectivity index (χ1n) is 18.5. The summed E-state index contributed by atoms with van der Waals surface area (Å²) in [4.78, 5) is 10.1. The van der Waals surface area contributed by atoms with Crippen LogP contribution in [0.15, 0.2) is 206 Å². The molecule has 0 amide bonds.